The number of nitrogens with zero attached hydrogens (tertiary/aromatic N) is 4. The molecular weight excluding hydrogens is 695 g/mol. The third-order valence-corrected chi connectivity index (χ3v) is 9.61. The molecule has 17 nitrogen and oxygen atoms in total. The van der Waals surface area contributed by atoms with Crippen LogP contribution in [0.2, 0.25) is 0 Å². The van der Waals surface area contributed by atoms with Crippen LogP contribution in [0.3, 0.4) is 0 Å². The van der Waals surface area contributed by atoms with Gasteiger partial charge in [-0.1, -0.05) is 5.16 Å². The number of hydrogen-bond donors (Lipinski definition) is 5. The van der Waals surface area contributed by atoms with Gasteiger partial charge >= 0.3 is 11.9 Å². The number of ether oxygens (including phenoxy) is 1. The Morgan fingerprint density at radius 1 is 1.22 bits per heavy atom. The molecule has 0 radical (unpaired) electrons. The zero-order valence-electron chi connectivity index (χ0n) is 28.6. The number of aromatic amines is 1. The number of pyridine rings is 1. The van der Waals surface area contributed by atoms with Gasteiger partial charge in [0.25, 0.3) is 11.8 Å². The van der Waals surface area contributed by atoms with E-state index in [9.17, 15) is 39.0 Å². The van der Waals surface area contributed by atoms with Crippen LogP contribution >= 0.6 is 23.1 Å². The lowest BCUT2D eigenvalue weighted by Crippen LogP contribution is -2.71. The molecule has 0 aromatic carbocycles. The number of carboxylic acid groups (broad SMARTS) is 1. The molecule has 270 valence electrons. The molecule has 1 fully saturated rings. The summed E-state index contributed by atoms with van der Waals surface area (Å²) in [5.74, 6) is -3.69. The van der Waals surface area contributed by atoms with Crippen LogP contribution in [0, 0.1) is 0 Å². The van der Waals surface area contributed by atoms with Crippen molar-refractivity contribution in [3.05, 3.63) is 50.5 Å². The van der Waals surface area contributed by atoms with Crippen molar-refractivity contribution in [1.82, 2.24) is 20.2 Å². The zero-order chi connectivity index (χ0) is 37.2. The van der Waals surface area contributed by atoms with E-state index in [1.807, 2.05) is 14.1 Å². The number of nitrogens with one attached hydrogen (secondary N) is 3. The van der Waals surface area contributed by atoms with Crippen molar-refractivity contribution in [1.29, 1.82) is 0 Å². The number of carbonyl (C=O) groups excluding carboxylic acids is 4. The average molecular weight is 735 g/mol. The topological polar surface area (TPSA) is 230 Å². The summed E-state index contributed by atoms with van der Waals surface area (Å²) in [6.45, 7) is 8.63. The number of oxime groups is 1. The number of aromatic nitrogens is 2. The first-order chi connectivity index (χ1) is 23.2. The maximum absolute atomic E-state index is 13.6. The second kappa shape index (κ2) is 14.6. The van der Waals surface area contributed by atoms with Gasteiger partial charge in [0.05, 0.1) is 20.6 Å². The number of thioether (sulfide) groups is 1. The van der Waals surface area contributed by atoms with Crippen molar-refractivity contribution in [2.24, 2.45) is 5.16 Å². The Morgan fingerprint density at radius 2 is 1.92 bits per heavy atom. The minimum atomic E-state index is -1.63. The molecule has 2 atom stereocenters. The number of β-lactam (4-membered cyclic amide) rings is 1. The first-order valence-corrected chi connectivity index (χ1v) is 17.2. The van der Waals surface area contributed by atoms with Crippen LogP contribution in [0.25, 0.3) is 0 Å². The Labute approximate surface area is 295 Å². The van der Waals surface area contributed by atoms with E-state index in [1.165, 1.54) is 43.3 Å². The highest BCUT2D eigenvalue weighted by molar-refractivity contribution is 8.00. The Hall–Kier alpha value is -4.75. The van der Waals surface area contributed by atoms with E-state index >= 15 is 0 Å². The maximum Gasteiger partial charge on any atom is 0.353 e. The predicted molar refractivity (Wildman–Crippen MR) is 183 cm³/mol. The van der Waals surface area contributed by atoms with Gasteiger partial charge in [-0.3, -0.25) is 24.1 Å². The van der Waals surface area contributed by atoms with Crippen LogP contribution in [-0.4, -0.2) is 121 Å². The Morgan fingerprint density at radius 3 is 2.54 bits per heavy atom. The van der Waals surface area contributed by atoms with Crippen molar-refractivity contribution < 1.29 is 48.2 Å². The van der Waals surface area contributed by atoms with Gasteiger partial charge in [-0.15, -0.1) is 23.1 Å². The molecule has 0 unspecified atom stereocenters. The van der Waals surface area contributed by atoms with Crippen molar-refractivity contribution in [2.75, 3.05) is 38.3 Å². The number of aromatic hydroxyl groups is 1. The van der Waals surface area contributed by atoms with Crippen molar-refractivity contribution in [3.8, 4) is 5.75 Å². The summed E-state index contributed by atoms with van der Waals surface area (Å²) in [6.07, 6.45) is 2.07. The Kier molecular flexibility index (Phi) is 11.1. The van der Waals surface area contributed by atoms with Crippen LogP contribution in [0.1, 0.15) is 46.0 Å². The number of likely N-dealkylation sites (N-methyl/N-ethyl adjacent to an activating group) is 1. The molecule has 19 heteroatoms. The molecule has 2 aromatic rings. The summed E-state index contributed by atoms with van der Waals surface area (Å²) >= 11 is 2.29. The molecule has 2 aromatic heterocycles. The smallest absolute Gasteiger partial charge is 0.353 e. The van der Waals surface area contributed by atoms with Gasteiger partial charge in [0.2, 0.25) is 17.4 Å². The molecule has 3 amide bonds. The van der Waals surface area contributed by atoms with E-state index in [0.29, 0.717) is 35.1 Å². The molecule has 4 rings (SSSR count). The number of quaternary nitrogens is 1. The van der Waals surface area contributed by atoms with Crippen LogP contribution in [-0.2, 0) is 40.0 Å². The van der Waals surface area contributed by atoms with E-state index in [1.54, 1.807) is 20.8 Å². The predicted octanol–water partition coefficient (Wildman–Crippen LogP) is 1.00. The van der Waals surface area contributed by atoms with E-state index in [2.05, 4.69) is 25.8 Å². The summed E-state index contributed by atoms with van der Waals surface area (Å²) in [7, 11) is 3.79. The van der Waals surface area contributed by atoms with Gasteiger partial charge < -0.3 is 39.9 Å². The quantitative estimate of drug-likeness (QED) is 0.0457. The zero-order valence-corrected chi connectivity index (χ0v) is 30.2. The molecule has 0 spiro atoms. The Bertz CT molecular complexity index is 1810. The maximum atomic E-state index is 13.6. The molecular formula is C31H40N7O10S2+. The number of carbonyl (C=O) groups is 5. The van der Waals surface area contributed by atoms with E-state index in [0.717, 1.165) is 16.2 Å². The summed E-state index contributed by atoms with van der Waals surface area (Å²) in [6, 6.07) is 0.193. The van der Waals surface area contributed by atoms with Gasteiger partial charge in [0.1, 0.15) is 35.0 Å². The number of esters is 1. The number of anilines is 1. The molecule has 50 heavy (non-hydrogen) atoms. The summed E-state index contributed by atoms with van der Waals surface area (Å²) in [5.41, 5.74) is -2.40. The first-order valence-electron chi connectivity index (χ1n) is 15.3. The fourth-order valence-corrected chi connectivity index (χ4v) is 6.98. The van der Waals surface area contributed by atoms with Gasteiger partial charge in [-0.25, -0.2) is 14.6 Å². The summed E-state index contributed by atoms with van der Waals surface area (Å²) in [4.78, 5) is 88.8. The standard InChI is InChI=1S/C31H39N7O10S2/c1-30(2,3)47-28(46)31(4,5)48-36-21(18-14-50-29(34-18)33-15-39)24(42)35-22-25(43)37-23(27(44)45)16(13-49-26(22)37)12-38(6,7)9-8-17-10-19(40)20(41)11-32-17/h10-11,14-15,22,26H,8-9,12-13H2,1-7H3,(H4-,32,33,34,35,36,39,40,41,42,44,45)/p+1/t22-,26+/m1/s1. The lowest BCUT2D eigenvalue weighted by Gasteiger charge is -2.49. The molecule has 0 saturated carbocycles. The van der Waals surface area contributed by atoms with E-state index in [-0.39, 0.29) is 34.6 Å². The number of fused-ring (bicyclic) bond motifs is 1. The SMILES string of the molecule is CC(C)(C)OC(=O)C(C)(C)ON=C(C(=O)N[C@@H]1C(=O)N2C(C(=O)O)=C(C[N+](C)(C)CCc3cc(=O)c(O)c[nH]3)CS[C@@H]12)c1csc(NC=O)n1. The summed E-state index contributed by atoms with van der Waals surface area (Å²) < 4.78 is 5.72. The molecule has 2 aliphatic rings. The number of H-pyrrole nitrogens is 1. The van der Waals surface area contributed by atoms with E-state index < -0.39 is 57.5 Å². The number of hydrogen-bond acceptors (Lipinski definition) is 13. The van der Waals surface area contributed by atoms with Crippen molar-refractivity contribution in [2.45, 2.75) is 63.7 Å². The average Bonchev–Trinajstić information content (AvgIpc) is 3.47. The van der Waals surface area contributed by atoms with Crippen LogP contribution in [0.15, 0.2) is 38.9 Å². The van der Waals surface area contributed by atoms with Gasteiger partial charge in [-0.2, -0.15) is 0 Å². The Balaban J connectivity index is 1.52. The van der Waals surface area contributed by atoms with Gasteiger partial charge in [0, 0.05) is 41.1 Å². The molecule has 2 aliphatic heterocycles. The number of aliphatic carboxylic acids is 1. The lowest BCUT2D eigenvalue weighted by molar-refractivity contribution is -0.885. The highest BCUT2D eigenvalue weighted by atomic mass is 32.2. The number of thiazole rings is 1. The van der Waals surface area contributed by atoms with Crippen molar-refractivity contribution in [3.63, 3.8) is 0 Å². The second-order valence-corrected chi connectivity index (χ2v) is 15.7. The second-order valence-electron chi connectivity index (χ2n) is 13.7. The normalized spacial score (nSPS) is 18.2. The van der Waals surface area contributed by atoms with Crippen LogP contribution < -0.4 is 16.1 Å². The lowest BCUT2D eigenvalue weighted by atomic mass is 10.0. The minimum absolute atomic E-state index is 0.0125. The molecule has 4 heterocycles. The fourth-order valence-electron chi connectivity index (χ4n) is 4.99. The number of carboxylic acids is 1. The van der Waals surface area contributed by atoms with E-state index in [4.69, 9.17) is 9.57 Å². The highest BCUT2D eigenvalue weighted by Crippen LogP contribution is 2.41. The highest BCUT2D eigenvalue weighted by Gasteiger charge is 2.55. The third kappa shape index (κ3) is 8.88. The fraction of sp³-hybridized carbons (Fsp3) is 0.484. The molecule has 0 bridgehead atoms. The molecule has 1 saturated heterocycles. The number of amides is 3. The van der Waals surface area contributed by atoms with Crippen molar-refractivity contribution >= 4 is 64.1 Å². The monoisotopic (exact) mass is 734 g/mol. The van der Waals surface area contributed by atoms with Crippen LogP contribution in [0.4, 0.5) is 5.13 Å². The molecule has 0 aliphatic carbocycles. The number of rotatable bonds is 14. The minimum Gasteiger partial charge on any atom is -0.503 e. The summed E-state index contributed by atoms with van der Waals surface area (Å²) in [5, 5.41) is 29.5. The van der Waals surface area contributed by atoms with Gasteiger partial charge in [0.15, 0.2) is 16.6 Å². The third-order valence-electron chi connectivity index (χ3n) is 7.49. The van der Waals surface area contributed by atoms with Gasteiger partial charge in [-0.05, 0) is 34.6 Å². The largest absolute Gasteiger partial charge is 0.503 e. The molecule has 5 N–H and O–H groups in total. The van der Waals surface area contributed by atoms with Crippen LogP contribution in [0.5, 0.6) is 5.75 Å². The first kappa shape index (κ1) is 38.1.